The van der Waals surface area contributed by atoms with E-state index in [2.05, 4.69) is 33.0 Å². The fraction of sp³-hybridized carbons (Fsp3) is 0.706. The molecule has 1 aliphatic heterocycles. The van der Waals surface area contributed by atoms with Gasteiger partial charge < -0.3 is 15.0 Å². The first kappa shape index (κ1) is 19.3. The molecule has 1 aromatic heterocycles. The Morgan fingerprint density at radius 3 is 2.73 bits per heavy atom. The minimum absolute atomic E-state index is 0.208. The van der Waals surface area contributed by atoms with Gasteiger partial charge in [-0.2, -0.15) is 0 Å². The number of nitrogens with one attached hydrogen (secondary N) is 3. The summed E-state index contributed by atoms with van der Waals surface area (Å²) in [6, 6.07) is 0.374. The van der Waals surface area contributed by atoms with Gasteiger partial charge in [0.2, 0.25) is 0 Å². The maximum Gasteiger partial charge on any atom is 0.281 e. The Morgan fingerprint density at radius 1 is 1.27 bits per heavy atom. The minimum atomic E-state index is -0.208. The van der Waals surface area contributed by atoms with Crippen LogP contribution in [0.15, 0.2) is 0 Å². The number of aromatic nitrogens is 1. The number of carbonyl (C=O) groups is 1. The molecule has 2 aliphatic rings. The Kier molecular flexibility index (Phi) is 6.66. The molecule has 2 heterocycles. The lowest BCUT2D eigenvalue weighted by Gasteiger charge is -2.30. The number of amides is 1. The van der Waals surface area contributed by atoms with Gasteiger partial charge in [-0.1, -0.05) is 31.1 Å². The highest BCUT2D eigenvalue weighted by Gasteiger charge is 2.23. The third kappa shape index (κ3) is 4.83. The molecule has 1 saturated carbocycles. The molecule has 144 valence electrons. The number of morpholine rings is 1. The molecule has 2 atom stereocenters. The second kappa shape index (κ2) is 8.96. The molecule has 7 nitrogen and oxygen atoms in total. The molecule has 0 unspecified atom stereocenters. The molecule has 0 radical (unpaired) electrons. The summed E-state index contributed by atoms with van der Waals surface area (Å²) in [6.07, 6.45) is 4.85. The lowest BCUT2D eigenvalue weighted by molar-refractivity contribution is 0.0946. The summed E-state index contributed by atoms with van der Waals surface area (Å²) >= 11 is 6.73. The third-order valence-electron chi connectivity index (χ3n) is 4.99. The van der Waals surface area contributed by atoms with Crippen LogP contribution in [0.4, 0.5) is 5.13 Å². The summed E-state index contributed by atoms with van der Waals surface area (Å²) < 4.78 is 5.37. The molecule has 1 saturated heterocycles. The number of hydrazine groups is 1. The Bertz CT molecular complexity index is 645. The number of carbonyl (C=O) groups excluding carboxylic acids is 1. The highest BCUT2D eigenvalue weighted by Crippen LogP contribution is 2.26. The largest absolute Gasteiger partial charge is 0.378 e. The van der Waals surface area contributed by atoms with Gasteiger partial charge in [0.15, 0.2) is 10.2 Å². The van der Waals surface area contributed by atoms with E-state index < -0.39 is 0 Å². The number of rotatable bonds is 3. The SMILES string of the molecule is Cc1nc(N2CCOCC2)sc1C(=O)NNC(=S)N[C@@H]1CCCC[C@H]1C. The molecule has 0 aromatic carbocycles. The number of thiocarbonyl (C=S) groups is 1. The second-order valence-electron chi connectivity index (χ2n) is 6.93. The Balaban J connectivity index is 1.51. The van der Waals surface area contributed by atoms with Crippen LogP contribution in [0.3, 0.4) is 0 Å². The van der Waals surface area contributed by atoms with Crippen molar-refractivity contribution in [3.63, 3.8) is 0 Å². The van der Waals surface area contributed by atoms with Gasteiger partial charge in [-0.3, -0.25) is 15.6 Å². The average Bonchev–Trinajstić information content (AvgIpc) is 3.04. The Hall–Kier alpha value is -1.45. The summed E-state index contributed by atoms with van der Waals surface area (Å²) in [7, 11) is 0. The van der Waals surface area contributed by atoms with Gasteiger partial charge in [0.05, 0.1) is 18.9 Å². The molecular formula is C17H27N5O2S2. The second-order valence-corrected chi connectivity index (χ2v) is 8.32. The molecule has 3 N–H and O–H groups in total. The summed E-state index contributed by atoms with van der Waals surface area (Å²) in [6.45, 7) is 7.10. The van der Waals surface area contributed by atoms with Crippen molar-refractivity contribution >= 4 is 39.7 Å². The van der Waals surface area contributed by atoms with E-state index in [4.69, 9.17) is 17.0 Å². The fourth-order valence-corrected chi connectivity index (χ4v) is 4.60. The summed E-state index contributed by atoms with van der Waals surface area (Å²) in [4.78, 5) is 19.8. The first-order valence-corrected chi connectivity index (χ1v) is 10.4. The van der Waals surface area contributed by atoms with Crippen molar-refractivity contribution in [2.24, 2.45) is 5.92 Å². The van der Waals surface area contributed by atoms with Crippen molar-refractivity contribution in [3.05, 3.63) is 10.6 Å². The highest BCUT2D eigenvalue weighted by atomic mass is 32.1. The van der Waals surface area contributed by atoms with E-state index in [-0.39, 0.29) is 5.91 Å². The third-order valence-corrected chi connectivity index (χ3v) is 6.43. The van der Waals surface area contributed by atoms with Crippen LogP contribution in [0.5, 0.6) is 0 Å². The van der Waals surface area contributed by atoms with E-state index in [1.807, 2.05) is 6.92 Å². The zero-order valence-electron chi connectivity index (χ0n) is 15.3. The van der Waals surface area contributed by atoms with Crippen molar-refractivity contribution in [1.29, 1.82) is 0 Å². The molecule has 1 aromatic rings. The number of nitrogens with zero attached hydrogens (tertiary/aromatic N) is 2. The monoisotopic (exact) mass is 397 g/mol. The van der Waals surface area contributed by atoms with Gasteiger partial charge >= 0.3 is 0 Å². The minimum Gasteiger partial charge on any atom is -0.378 e. The van der Waals surface area contributed by atoms with Crippen molar-refractivity contribution in [2.45, 2.75) is 45.6 Å². The number of thiazole rings is 1. The van der Waals surface area contributed by atoms with Crippen LogP contribution in [-0.2, 0) is 4.74 Å². The normalized spacial score (nSPS) is 23.4. The van der Waals surface area contributed by atoms with Gasteiger partial charge in [0.1, 0.15) is 4.88 Å². The fourth-order valence-electron chi connectivity index (χ4n) is 3.39. The zero-order valence-corrected chi connectivity index (χ0v) is 17.0. The van der Waals surface area contributed by atoms with Crippen LogP contribution in [-0.4, -0.2) is 48.3 Å². The summed E-state index contributed by atoms with van der Waals surface area (Å²) in [5.74, 6) is 0.388. The summed E-state index contributed by atoms with van der Waals surface area (Å²) in [5.41, 5.74) is 6.26. The standard InChI is InChI=1S/C17H27N5O2S2/c1-11-5-3-4-6-13(11)19-16(25)21-20-15(23)14-12(2)18-17(26-14)22-7-9-24-10-8-22/h11,13H,3-10H2,1-2H3,(H,20,23)(H2,19,21,25)/t11-,13-/m1/s1. The maximum absolute atomic E-state index is 12.5. The van der Waals surface area contributed by atoms with E-state index in [0.717, 1.165) is 30.3 Å². The number of hydrogen-bond donors (Lipinski definition) is 3. The van der Waals surface area contributed by atoms with Crippen LogP contribution in [0.2, 0.25) is 0 Å². The van der Waals surface area contributed by atoms with Crippen LogP contribution >= 0.6 is 23.6 Å². The van der Waals surface area contributed by atoms with Gasteiger partial charge in [-0.15, -0.1) is 0 Å². The molecule has 2 fully saturated rings. The molecule has 26 heavy (non-hydrogen) atoms. The Morgan fingerprint density at radius 2 is 2.00 bits per heavy atom. The first-order valence-electron chi connectivity index (χ1n) is 9.21. The number of ether oxygens (including phenoxy) is 1. The molecule has 1 aliphatic carbocycles. The van der Waals surface area contributed by atoms with Crippen molar-refractivity contribution in [3.8, 4) is 0 Å². The topological polar surface area (TPSA) is 78.5 Å². The van der Waals surface area contributed by atoms with Crippen molar-refractivity contribution in [2.75, 3.05) is 31.2 Å². The van der Waals surface area contributed by atoms with E-state index in [9.17, 15) is 4.79 Å². The highest BCUT2D eigenvalue weighted by molar-refractivity contribution is 7.80. The molecule has 9 heteroatoms. The number of aryl methyl sites for hydroxylation is 1. The zero-order chi connectivity index (χ0) is 18.5. The predicted molar refractivity (Wildman–Crippen MR) is 108 cm³/mol. The van der Waals surface area contributed by atoms with Crippen molar-refractivity contribution < 1.29 is 9.53 Å². The summed E-state index contributed by atoms with van der Waals surface area (Å²) in [5, 5.41) is 4.65. The molecule has 0 bridgehead atoms. The van der Waals surface area contributed by atoms with E-state index in [1.54, 1.807) is 0 Å². The maximum atomic E-state index is 12.5. The van der Waals surface area contributed by atoms with Crippen LogP contribution in [0, 0.1) is 12.8 Å². The van der Waals surface area contributed by atoms with Crippen LogP contribution < -0.4 is 21.1 Å². The molecule has 0 spiro atoms. The van der Waals surface area contributed by atoms with Gasteiger partial charge in [0.25, 0.3) is 5.91 Å². The average molecular weight is 398 g/mol. The Labute approximate surface area is 163 Å². The lowest BCUT2D eigenvalue weighted by atomic mass is 9.86. The van der Waals surface area contributed by atoms with E-state index in [0.29, 0.717) is 35.2 Å². The van der Waals surface area contributed by atoms with E-state index >= 15 is 0 Å². The van der Waals surface area contributed by atoms with Crippen molar-refractivity contribution in [1.82, 2.24) is 21.2 Å². The first-order chi connectivity index (χ1) is 12.5. The quantitative estimate of drug-likeness (QED) is 0.532. The lowest BCUT2D eigenvalue weighted by Crippen LogP contribution is -2.51. The predicted octanol–water partition coefficient (Wildman–Crippen LogP) is 1.98. The van der Waals surface area contributed by atoms with Gasteiger partial charge in [-0.25, -0.2) is 4.98 Å². The molecule has 3 rings (SSSR count). The van der Waals surface area contributed by atoms with Gasteiger partial charge in [0, 0.05) is 19.1 Å². The number of hydrogen-bond acceptors (Lipinski definition) is 6. The van der Waals surface area contributed by atoms with Crippen LogP contribution in [0.25, 0.3) is 0 Å². The van der Waals surface area contributed by atoms with E-state index in [1.165, 1.54) is 30.6 Å². The molecule has 1 amide bonds. The molecular weight excluding hydrogens is 370 g/mol. The van der Waals surface area contributed by atoms with Crippen LogP contribution in [0.1, 0.15) is 48.0 Å². The smallest absolute Gasteiger partial charge is 0.281 e. The number of anilines is 1. The van der Waals surface area contributed by atoms with Gasteiger partial charge in [-0.05, 0) is 37.9 Å².